The number of methoxy groups -OCH3 is 1. The molecule has 1 aliphatic rings. The van der Waals surface area contributed by atoms with Crippen LogP contribution in [0, 0.1) is 20.8 Å². The Balaban J connectivity index is 2.56. The Kier molecular flexibility index (Phi) is 3.50. The van der Waals surface area contributed by atoms with Gasteiger partial charge >= 0.3 is 0 Å². The molecule has 94 valence electrons. The van der Waals surface area contributed by atoms with Crippen molar-refractivity contribution < 1.29 is 4.74 Å². The van der Waals surface area contributed by atoms with Crippen LogP contribution >= 0.6 is 15.9 Å². The lowest BCUT2D eigenvalue weighted by Crippen LogP contribution is -2.35. The van der Waals surface area contributed by atoms with Gasteiger partial charge in [0.15, 0.2) is 0 Å². The molecule has 0 radical (unpaired) electrons. The normalized spacial score (nSPS) is 23.4. The summed E-state index contributed by atoms with van der Waals surface area (Å²) in [6.45, 7) is 6.42. The number of rotatable bonds is 2. The molecule has 0 unspecified atom stereocenters. The predicted octanol–water partition coefficient (Wildman–Crippen LogP) is 3.59. The molecule has 0 aliphatic heterocycles. The smallest absolute Gasteiger partial charge is 0.125 e. The highest BCUT2D eigenvalue weighted by Crippen LogP contribution is 2.46. The van der Waals surface area contributed by atoms with Crippen LogP contribution in [0.15, 0.2) is 4.47 Å². The van der Waals surface area contributed by atoms with Gasteiger partial charge in [0.2, 0.25) is 0 Å². The fourth-order valence-corrected chi connectivity index (χ4v) is 3.27. The first-order chi connectivity index (χ1) is 7.97. The number of nitrogens with two attached hydrogens (primary N) is 1. The number of hydrogen-bond acceptors (Lipinski definition) is 2. The highest BCUT2D eigenvalue weighted by atomic mass is 79.9. The van der Waals surface area contributed by atoms with Crippen LogP contribution in [0.25, 0.3) is 0 Å². The molecule has 2 N–H and O–H groups in total. The molecule has 0 aromatic heterocycles. The van der Waals surface area contributed by atoms with E-state index in [-0.39, 0.29) is 0 Å². The van der Waals surface area contributed by atoms with Crippen molar-refractivity contribution in [2.75, 3.05) is 7.11 Å². The minimum Gasteiger partial charge on any atom is -0.496 e. The van der Waals surface area contributed by atoms with E-state index in [0.29, 0.717) is 12.0 Å². The van der Waals surface area contributed by atoms with Crippen molar-refractivity contribution >= 4 is 15.9 Å². The summed E-state index contributed by atoms with van der Waals surface area (Å²) in [4.78, 5) is 0. The van der Waals surface area contributed by atoms with Gasteiger partial charge in [0.25, 0.3) is 0 Å². The SMILES string of the molecule is COc1c(C)c(C)c(Br)c(C)c1C1CC(N)C1. The second kappa shape index (κ2) is 4.62. The van der Waals surface area contributed by atoms with Crippen molar-refractivity contribution in [3.63, 3.8) is 0 Å². The van der Waals surface area contributed by atoms with Crippen LogP contribution in [0.4, 0.5) is 0 Å². The molecule has 17 heavy (non-hydrogen) atoms. The Morgan fingerprint density at radius 1 is 1.12 bits per heavy atom. The standard InChI is InChI=1S/C14H20BrNO/c1-7-8(2)14(17-4)12(9(3)13(7)15)10-5-11(16)6-10/h10-11H,5-6,16H2,1-4H3. The summed E-state index contributed by atoms with van der Waals surface area (Å²) in [7, 11) is 1.76. The van der Waals surface area contributed by atoms with E-state index in [2.05, 4.69) is 36.7 Å². The van der Waals surface area contributed by atoms with Crippen LogP contribution in [0.3, 0.4) is 0 Å². The summed E-state index contributed by atoms with van der Waals surface area (Å²) in [6, 6.07) is 0.365. The van der Waals surface area contributed by atoms with Crippen molar-refractivity contribution in [1.29, 1.82) is 0 Å². The number of hydrogen-bond donors (Lipinski definition) is 1. The van der Waals surface area contributed by atoms with E-state index in [4.69, 9.17) is 10.5 Å². The number of halogens is 1. The van der Waals surface area contributed by atoms with E-state index in [0.717, 1.165) is 18.6 Å². The lowest BCUT2D eigenvalue weighted by atomic mass is 9.74. The molecule has 1 aromatic carbocycles. The Morgan fingerprint density at radius 2 is 1.71 bits per heavy atom. The first-order valence-corrected chi connectivity index (χ1v) is 6.85. The van der Waals surface area contributed by atoms with Gasteiger partial charge in [-0.15, -0.1) is 0 Å². The molecule has 0 bridgehead atoms. The second-order valence-corrected chi connectivity index (χ2v) is 5.86. The van der Waals surface area contributed by atoms with Gasteiger partial charge in [0.1, 0.15) is 5.75 Å². The largest absolute Gasteiger partial charge is 0.496 e. The average molecular weight is 298 g/mol. The van der Waals surface area contributed by atoms with Crippen LogP contribution in [-0.4, -0.2) is 13.2 Å². The molecule has 0 spiro atoms. The summed E-state index contributed by atoms with van der Waals surface area (Å²) >= 11 is 3.69. The molecule has 0 saturated heterocycles. The molecule has 1 aromatic rings. The molecule has 0 amide bonds. The lowest BCUT2D eigenvalue weighted by Gasteiger charge is -2.35. The quantitative estimate of drug-likeness (QED) is 0.905. The van der Waals surface area contributed by atoms with Crippen LogP contribution in [0.1, 0.15) is 41.0 Å². The lowest BCUT2D eigenvalue weighted by molar-refractivity contribution is 0.331. The fraction of sp³-hybridized carbons (Fsp3) is 0.571. The van der Waals surface area contributed by atoms with Crippen molar-refractivity contribution in [3.05, 3.63) is 26.7 Å². The average Bonchev–Trinajstić information content (AvgIpc) is 2.27. The van der Waals surface area contributed by atoms with Crippen LogP contribution < -0.4 is 10.5 Å². The van der Waals surface area contributed by atoms with Gasteiger partial charge in [-0.1, -0.05) is 15.9 Å². The Bertz CT molecular complexity index is 450. The Hall–Kier alpha value is -0.540. The number of benzene rings is 1. The minimum atomic E-state index is 0.365. The maximum atomic E-state index is 5.90. The molecule has 1 saturated carbocycles. The molecule has 2 rings (SSSR count). The molecular weight excluding hydrogens is 278 g/mol. The van der Waals surface area contributed by atoms with Gasteiger partial charge in [-0.05, 0) is 56.2 Å². The van der Waals surface area contributed by atoms with E-state index in [1.165, 1.54) is 26.7 Å². The van der Waals surface area contributed by atoms with Gasteiger partial charge in [-0.3, -0.25) is 0 Å². The highest BCUT2D eigenvalue weighted by molar-refractivity contribution is 9.10. The molecule has 3 heteroatoms. The third-order valence-electron chi connectivity index (χ3n) is 4.00. The summed E-state index contributed by atoms with van der Waals surface area (Å²) in [6.07, 6.45) is 2.15. The van der Waals surface area contributed by atoms with Crippen molar-refractivity contribution in [3.8, 4) is 5.75 Å². The van der Waals surface area contributed by atoms with Crippen molar-refractivity contribution in [1.82, 2.24) is 0 Å². The molecule has 1 aliphatic carbocycles. The zero-order valence-electron chi connectivity index (χ0n) is 10.9. The zero-order chi connectivity index (χ0) is 12.7. The molecule has 1 fully saturated rings. The van der Waals surface area contributed by atoms with E-state index in [9.17, 15) is 0 Å². The predicted molar refractivity (Wildman–Crippen MR) is 74.9 cm³/mol. The van der Waals surface area contributed by atoms with Crippen molar-refractivity contribution in [2.45, 2.75) is 45.6 Å². The van der Waals surface area contributed by atoms with Gasteiger partial charge in [0, 0.05) is 16.1 Å². The molecule has 0 heterocycles. The van der Waals surface area contributed by atoms with Crippen LogP contribution in [0.2, 0.25) is 0 Å². The van der Waals surface area contributed by atoms with E-state index in [1.807, 2.05) is 0 Å². The summed E-state index contributed by atoms with van der Waals surface area (Å²) in [5.74, 6) is 1.62. The van der Waals surface area contributed by atoms with Gasteiger partial charge in [-0.2, -0.15) is 0 Å². The molecule has 0 atom stereocenters. The van der Waals surface area contributed by atoms with Crippen LogP contribution in [-0.2, 0) is 0 Å². The summed E-state index contributed by atoms with van der Waals surface area (Å²) < 4.78 is 6.84. The van der Waals surface area contributed by atoms with E-state index >= 15 is 0 Å². The first kappa shape index (κ1) is 12.9. The fourth-order valence-electron chi connectivity index (χ4n) is 2.76. The van der Waals surface area contributed by atoms with Gasteiger partial charge in [0.05, 0.1) is 7.11 Å². The zero-order valence-corrected chi connectivity index (χ0v) is 12.5. The van der Waals surface area contributed by atoms with Crippen LogP contribution in [0.5, 0.6) is 5.75 Å². The summed E-state index contributed by atoms with van der Waals surface area (Å²) in [5.41, 5.74) is 11.1. The molecular formula is C14H20BrNO. The third kappa shape index (κ3) is 2.00. The maximum Gasteiger partial charge on any atom is 0.125 e. The van der Waals surface area contributed by atoms with Gasteiger partial charge < -0.3 is 10.5 Å². The Labute approximate surface area is 112 Å². The highest BCUT2D eigenvalue weighted by Gasteiger charge is 2.32. The number of ether oxygens (including phenoxy) is 1. The molecule has 2 nitrogen and oxygen atoms in total. The third-order valence-corrected chi connectivity index (χ3v) is 5.19. The topological polar surface area (TPSA) is 35.2 Å². The first-order valence-electron chi connectivity index (χ1n) is 6.06. The monoisotopic (exact) mass is 297 g/mol. The van der Waals surface area contributed by atoms with Crippen molar-refractivity contribution in [2.24, 2.45) is 5.73 Å². The van der Waals surface area contributed by atoms with E-state index in [1.54, 1.807) is 7.11 Å². The Morgan fingerprint density at radius 3 is 2.18 bits per heavy atom. The van der Waals surface area contributed by atoms with Gasteiger partial charge in [-0.25, -0.2) is 0 Å². The summed E-state index contributed by atoms with van der Waals surface area (Å²) in [5, 5.41) is 0. The second-order valence-electron chi connectivity index (χ2n) is 5.06. The van der Waals surface area contributed by atoms with E-state index < -0.39 is 0 Å². The maximum absolute atomic E-state index is 5.90. The minimum absolute atomic E-state index is 0.365.